The number of hydrogen-bond acceptors (Lipinski definition) is 3. The molecule has 0 aliphatic heterocycles. The number of phenolic OH excluding ortho intramolecular Hbond substituents is 1. The molecule has 1 aromatic rings. The molecule has 0 aliphatic carbocycles. The minimum Gasteiger partial charge on any atom is -0.508 e. The van der Waals surface area contributed by atoms with Gasteiger partial charge in [0.15, 0.2) is 0 Å². The van der Waals surface area contributed by atoms with Gasteiger partial charge in [-0.05, 0) is 29.2 Å². The van der Waals surface area contributed by atoms with Gasteiger partial charge >= 0.3 is 0 Å². The van der Waals surface area contributed by atoms with Crippen LogP contribution in [0.4, 0.5) is 0 Å². The Morgan fingerprint density at radius 3 is 2.40 bits per heavy atom. The molecule has 0 unspecified atom stereocenters. The summed E-state index contributed by atoms with van der Waals surface area (Å²) >= 11 is 0. The number of hydrogen-bond donors (Lipinski definition) is 1. The monoisotopic (exact) mass is 248 g/mol. The van der Waals surface area contributed by atoms with Crippen LogP contribution in [-0.4, -0.2) is 13.5 Å². The molecule has 0 fully saturated rings. The quantitative estimate of drug-likeness (QED) is 0.837. The number of rotatable bonds is 3. The number of halogens is 1. The van der Waals surface area contributed by atoms with Crippen molar-refractivity contribution in [2.45, 2.75) is 25.5 Å². The average Bonchev–Trinajstić information content (AvgIpc) is 1.99. The molecular formula is C10H13ClO3S. The van der Waals surface area contributed by atoms with Crippen molar-refractivity contribution in [1.82, 2.24) is 0 Å². The van der Waals surface area contributed by atoms with Gasteiger partial charge in [-0.15, -0.1) is 0 Å². The average molecular weight is 249 g/mol. The molecule has 3 nitrogen and oxygen atoms in total. The third-order valence-electron chi connectivity index (χ3n) is 2.01. The Balaban J connectivity index is 3.10. The fourth-order valence-electron chi connectivity index (χ4n) is 1.32. The molecule has 1 rings (SSSR count). The Morgan fingerprint density at radius 2 is 1.93 bits per heavy atom. The van der Waals surface area contributed by atoms with Gasteiger partial charge in [-0.1, -0.05) is 19.9 Å². The van der Waals surface area contributed by atoms with Gasteiger partial charge in [-0.3, -0.25) is 0 Å². The van der Waals surface area contributed by atoms with E-state index in [4.69, 9.17) is 10.7 Å². The fraction of sp³-hybridized carbons (Fsp3) is 0.400. The number of phenols is 1. The van der Waals surface area contributed by atoms with E-state index in [0.717, 1.165) is 5.56 Å². The summed E-state index contributed by atoms with van der Waals surface area (Å²) in [7, 11) is 1.57. The molecule has 84 valence electrons. The van der Waals surface area contributed by atoms with E-state index in [1.165, 1.54) is 6.07 Å². The van der Waals surface area contributed by atoms with E-state index < -0.39 is 9.05 Å². The van der Waals surface area contributed by atoms with Crippen molar-refractivity contribution in [2.75, 3.05) is 0 Å². The van der Waals surface area contributed by atoms with Gasteiger partial charge in [0.1, 0.15) is 5.75 Å². The van der Waals surface area contributed by atoms with Crippen molar-refractivity contribution in [3.8, 4) is 5.75 Å². The van der Waals surface area contributed by atoms with Crippen molar-refractivity contribution in [3.05, 3.63) is 29.3 Å². The maximum absolute atomic E-state index is 10.9. The standard InChI is InChI=1S/C10H13ClO3S/c1-7(2)9-3-8(4-10(12)5-9)6-15(11,13)14/h3-5,7,12H,6H2,1-2H3. The Morgan fingerprint density at radius 1 is 1.33 bits per heavy atom. The number of aromatic hydroxyl groups is 1. The molecule has 0 aromatic heterocycles. The highest BCUT2D eigenvalue weighted by Crippen LogP contribution is 2.23. The summed E-state index contributed by atoms with van der Waals surface area (Å²) < 4.78 is 21.8. The highest BCUT2D eigenvalue weighted by atomic mass is 35.7. The molecule has 0 saturated heterocycles. The second-order valence-corrected chi connectivity index (χ2v) is 6.55. The van der Waals surface area contributed by atoms with Crippen molar-refractivity contribution in [2.24, 2.45) is 0 Å². The third-order valence-corrected chi connectivity index (χ3v) is 3.01. The maximum Gasteiger partial charge on any atom is 0.236 e. The predicted octanol–water partition coefficient (Wildman–Crippen LogP) is 2.58. The van der Waals surface area contributed by atoms with E-state index in [2.05, 4.69) is 0 Å². The van der Waals surface area contributed by atoms with Gasteiger partial charge in [0, 0.05) is 10.7 Å². The first-order valence-corrected chi connectivity index (χ1v) is 7.01. The van der Waals surface area contributed by atoms with Crippen LogP contribution in [0.25, 0.3) is 0 Å². The number of benzene rings is 1. The summed E-state index contributed by atoms with van der Waals surface area (Å²) in [5.41, 5.74) is 1.40. The van der Waals surface area contributed by atoms with E-state index in [1.54, 1.807) is 12.1 Å². The lowest BCUT2D eigenvalue weighted by atomic mass is 10.0. The van der Waals surface area contributed by atoms with Gasteiger partial charge in [-0.25, -0.2) is 8.42 Å². The Hall–Kier alpha value is -0.740. The van der Waals surface area contributed by atoms with Gasteiger partial charge in [0.05, 0.1) is 5.75 Å². The van der Waals surface area contributed by atoms with E-state index in [-0.39, 0.29) is 17.4 Å². The predicted molar refractivity (Wildman–Crippen MR) is 60.7 cm³/mol. The normalized spacial score (nSPS) is 12.0. The highest BCUT2D eigenvalue weighted by molar-refractivity contribution is 8.13. The van der Waals surface area contributed by atoms with Crippen LogP contribution in [0, 0.1) is 0 Å². The lowest BCUT2D eigenvalue weighted by Gasteiger charge is -2.08. The first kappa shape index (κ1) is 12.3. The van der Waals surface area contributed by atoms with E-state index in [0.29, 0.717) is 5.56 Å². The van der Waals surface area contributed by atoms with E-state index in [9.17, 15) is 13.5 Å². The van der Waals surface area contributed by atoms with Crippen LogP contribution in [-0.2, 0) is 14.8 Å². The van der Waals surface area contributed by atoms with E-state index >= 15 is 0 Å². The lowest BCUT2D eigenvalue weighted by Crippen LogP contribution is -1.97. The summed E-state index contributed by atoms with van der Waals surface area (Å²) in [4.78, 5) is 0. The van der Waals surface area contributed by atoms with Crippen LogP contribution in [0.3, 0.4) is 0 Å². The molecule has 0 spiro atoms. The summed E-state index contributed by atoms with van der Waals surface area (Å²) in [6.07, 6.45) is 0. The molecular weight excluding hydrogens is 236 g/mol. The molecule has 1 aromatic carbocycles. The van der Waals surface area contributed by atoms with Gasteiger partial charge in [0.25, 0.3) is 0 Å². The van der Waals surface area contributed by atoms with Crippen molar-refractivity contribution >= 4 is 19.7 Å². The minimum absolute atomic E-state index is 0.0662. The Kier molecular flexibility index (Phi) is 3.62. The van der Waals surface area contributed by atoms with Crippen LogP contribution >= 0.6 is 10.7 Å². The van der Waals surface area contributed by atoms with E-state index in [1.807, 2.05) is 13.8 Å². The molecule has 0 radical (unpaired) electrons. The SMILES string of the molecule is CC(C)c1cc(O)cc(CS(=O)(=O)Cl)c1. The van der Waals surface area contributed by atoms with Crippen molar-refractivity contribution in [1.29, 1.82) is 0 Å². The van der Waals surface area contributed by atoms with Crippen LogP contribution in [0.5, 0.6) is 5.75 Å². The van der Waals surface area contributed by atoms with Crippen LogP contribution in [0.2, 0.25) is 0 Å². The zero-order valence-electron chi connectivity index (χ0n) is 8.57. The zero-order valence-corrected chi connectivity index (χ0v) is 10.1. The zero-order chi connectivity index (χ0) is 11.6. The first-order valence-electron chi connectivity index (χ1n) is 4.53. The summed E-state index contributed by atoms with van der Waals surface area (Å²) in [6.45, 7) is 3.93. The molecule has 0 saturated carbocycles. The largest absolute Gasteiger partial charge is 0.508 e. The van der Waals surface area contributed by atoms with Gasteiger partial charge in [-0.2, -0.15) is 0 Å². The second kappa shape index (κ2) is 4.41. The molecule has 5 heteroatoms. The Bertz CT molecular complexity index is 452. The maximum atomic E-state index is 10.9. The minimum atomic E-state index is -3.58. The third kappa shape index (κ3) is 4.10. The summed E-state index contributed by atoms with van der Waals surface area (Å²) in [5, 5.41) is 9.40. The molecule has 0 atom stereocenters. The molecule has 0 heterocycles. The van der Waals surface area contributed by atoms with Gasteiger partial charge in [0.2, 0.25) is 9.05 Å². The topological polar surface area (TPSA) is 54.4 Å². The molecule has 1 N–H and O–H groups in total. The van der Waals surface area contributed by atoms with Crippen LogP contribution in [0.1, 0.15) is 30.9 Å². The van der Waals surface area contributed by atoms with Gasteiger partial charge < -0.3 is 5.11 Å². The van der Waals surface area contributed by atoms with Crippen molar-refractivity contribution < 1.29 is 13.5 Å². The fourth-order valence-corrected chi connectivity index (χ4v) is 2.26. The second-order valence-electron chi connectivity index (χ2n) is 3.77. The summed E-state index contributed by atoms with van der Waals surface area (Å²) in [5.74, 6) is 0.0354. The molecule has 15 heavy (non-hydrogen) atoms. The Labute approximate surface area is 94.1 Å². The molecule has 0 bridgehead atoms. The lowest BCUT2D eigenvalue weighted by molar-refractivity contribution is 0.473. The first-order chi connectivity index (χ1) is 6.78. The summed E-state index contributed by atoms with van der Waals surface area (Å²) in [6, 6.07) is 4.77. The van der Waals surface area contributed by atoms with Crippen LogP contribution in [0.15, 0.2) is 18.2 Å². The van der Waals surface area contributed by atoms with Crippen LogP contribution < -0.4 is 0 Å². The molecule has 0 amide bonds. The van der Waals surface area contributed by atoms with Crippen molar-refractivity contribution in [3.63, 3.8) is 0 Å². The highest BCUT2D eigenvalue weighted by Gasteiger charge is 2.10. The smallest absolute Gasteiger partial charge is 0.236 e. The molecule has 0 aliphatic rings.